The summed E-state index contributed by atoms with van der Waals surface area (Å²) < 4.78 is 0. The molecule has 0 bridgehead atoms. The molecule has 0 aromatic heterocycles. The van der Waals surface area contributed by atoms with Gasteiger partial charge in [0.15, 0.2) is 0 Å². The minimum absolute atomic E-state index is 0.0270. The molecular weight excluding hydrogens is 1710 g/mol. The number of hydrogen-bond donors (Lipinski definition) is 0. The molecule has 4 aliphatic carbocycles. The number of rotatable bonds is 15. The summed E-state index contributed by atoms with van der Waals surface area (Å²) in [6.07, 6.45) is 13.2. The van der Waals surface area contributed by atoms with Crippen LogP contribution in [0.3, 0.4) is 0 Å². The second kappa shape index (κ2) is 37.9. The Balaban J connectivity index is 0.000000188. The van der Waals surface area contributed by atoms with Gasteiger partial charge >= 0.3 is 0 Å². The van der Waals surface area contributed by atoms with Crippen molar-refractivity contribution in [3.63, 3.8) is 0 Å². The van der Waals surface area contributed by atoms with Gasteiger partial charge in [0, 0.05) is 45.0 Å². The predicted octanol–water partition coefficient (Wildman–Crippen LogP) is 41.1. The summed E-state index contributed by atoms with van der Waals surface area (Å²) in [5.41, 5.74) is 49.3. The molecule has 142 heavy (non-hydrogen) atoms. The van der Waals surface area contributed by atoms with E-state index in [1.807, 2.05) is 0 Å². The zero-order valence-corrected chi connectivity index (χ0v) is 91.1. The summed E-state index contributed by atoms with van der Waals surface area (Å²) in [6, 6.07) is 123. The summed E-state index contributed by atoms with van der Waals surface area (Å²) in [7, 11) is 0. The molecule has 0 amide bonds. The Labute approximate surface area is 855 Å². The van der Waals surface area contributed by atoms with E-state index in [1.165, 1.54) is 259 Å². The van der Waals surface area contributed by atoms with Crippen molar-refractivity contribution in [2.45, 2.75) is 324 Å². The predicted molar refractivity (Wildman–Crippen MR) is 617 cm³/mol. The molecule has 0 saturated heterocycles. The first-order valence-electron chi connectivity index (χ1n) is 53.4. The van der Waals surface area contributed by atoms with E-state index in [-0.39, 0.29) is 54.1 Å². The minimum Gasteiger partial charge on any atom is -0.310 e. The molecule has 0 aliphatic heterocycles. The standard InChI is InChI=1S/C73H81N.C67H77N/c1-69(2,3)58-40-53(38-54(41-58)55-39-56(43-59(42-55)70(4,5)6)57-44-60(71(7,8)9)46-61(45-57)72(10,11)12)52-30-34-63(35-31-52)74(64-36-37-66-65-22-18-19-23-67(65)73(13,14)68(66)47-64)62-32-28-51(29-33-62)50-26-24-49(25-27-50)48-20-16-15-17-21-48;1-63(2,3)51-36-46(34-47(37-51)48-35-49(39-52(38-48)64(4,5)6)50-40-53(65(7,8)9)42-54(41-50)66(10,11)12)44-28-30-55(31-29-44)68(62-27-21-19-24-57(62)45-22-16-15-17-23-45)56-32-33-59-58-25-18-20-26-60(58)67(13,14)61(59)43-56/h18-19,22-48H,15-17,20-21H2,1-14H3;18-21,24-43,45H,15-17,22-23H2,1-14H3. The zero-order valence-electron chi connectivity index (χ0n) is 91.1. The topological polar surface area (TPSA) is 6.48 Å². The molecule has 2 saturated carbocycles. The summed E-state index contributed by atoms with van der Waals surface area (Å²) >= 11 is 0. The third-order valence-electron chi connectivity index (χ3n) is 32.1. The van der Waals surface area contributed by atoms with Crippen LogP contribution in [0.25, 0.3) is 100 Å². The molecule has 15 aromatic rings. The van der Waals surface area contributed by atoms with Crippen molar-refractivity contribution in [1.29, 1.82) is 0 Å². The first kappa shape index (κ1) is 100. The fourth-order valence-electron chi connectivity index (χ4n) is 22.7. The van der Waals surface area contributed by atoms with Crippen LogP contribution in [-0.2, 0) is 54.1 Å². The lowest BCUT2D eigenvalue weighted by Gasteiger charge is -2.32. The van der Waals surface area contributed by atoms with Crippen LogP contribution in [-0.4, -0.2) is 0 Å². The normalized spacial score (nSPS) is 15.1. The Hall–Kier alpha value is -12.1. The summed E-state index contributed by atoms with van der Waals surface area (Å²) in [5.74, 6) is 1.27. The molecule has 0 N–H and O–H groups in total. The highest BCUT2D eigenvalue weighted by Crippen LogP contribution is 2.56. The largest absolute Gasteiger partial charge is 0.310 e. The van der Waals surface area contributed by atoms with Crippen molar-refractivity contribution < 1.29 is 0 Å². The molecule has 0 radical (unpaired) electrons. The molecule has 0 atom stereocenters. The van der Waals surface area contributed by atoms with Crippen molar-refractivity contribution in [3.8, 4) is 100 Å². The van der Waals surface area contributed by atoms with Gasteiger partial charge in [0.05, 0.1) is 0 Å². The number of anilines is 6. The van der Waals surface area contributed by atoms with E-state index in [9.17, 15) is 0 Å². The Morgan fingerprint density at radius 2 is 0.423 bits per heavy atom. The fraction of sp³-hybridized carbons (Fsp3) is 0.357. The smallest absolute Gasteiger partial charge is 0.0496 e. The molecule has 2 heteroatoms. The molecular formula is C140H158N2. The summed E-state index contributed by atoms with van der Waals surface area (Å²) in [4.78, 5) is 5.01. The van der Waals surface area contributed by atoms with Crippen LogP contribution in [0.5, 0.6) is 0 Å². The molecule has 728 valence electrons. The highest BCUT2D eigenvalue weighted by Gasteiger charge is 2.39. The quantitative estimate of drug-likeness (QED) is 0.101. The van der Waals surface area contributed by atoms with Gasteiger partial charge < -0.3 is 9.80 Å². The van der Waals surface area contributed by atoms with Gasteiger partial charge in [-0.05, 0) is 350 Å². The maximum absolute atomic E-state index is 2.56. The van der Waals surface area contributed by atoms with Gasteiger partial charge in [-0.25, -0.2) is 0 Å². The van der Waals surface area contributed by atoms with E-state index in [0.29, 0.717) is 11.8 Å². The van der Waals surface area contributed by atoms with Crippen LogP contribution in [0.4, 0.5) is 34.1 Å². The molecule has 2 nitrogen and oxygen atoms in total. The summed E-state index contributed by atoms with van der Waals surface area (Å²) in [5, 5.41) is 0. The van der Waals surface area contributed by atoms with Crippen LogP contribution in [0, 0.1) is 0 Å². The van der Waals surface area contributed by atoms with Gasteiger partial charge in [0.2, 0.25) is 0 Å². The lowest BCUT2D eigenvalue weighted by Crippen LogP contribution is -2.18. The Kier molecular flexibility index (Phi) is 26.7. The first-order chi connectivity index (χ1) is 66.9. The Morgan fingerprint density at radius 3 is 0.739 bits per heavy atom. The zero-order chi connectivity index (χ0) is 101. The van der Waals surface area contributed by atoms with Gasteiger partial charge in [-0.1, -0.05) is 457 Å². The van der Waals surface area contributed by atoms with Gasteiger partial charge in [-0.2, -0.15) is 0 Å². The monoisotopic (exact) mass is 1870 g/mol. The molecule has 4 aliphatic rings. The Morgan fingerprint density at radius 1 is 0.190 bits per heavy atom. The van der Waals surface area contributed by atoms with E-state index in [1.54, 1.807) is 0 Å². The number of fused-ring (bicyclic) bond motifs is 6. The molecule has 15 aromatic carbocycles. The van der Waals surface area contributed by atoms with Crippen LogP contribution < -0.4 is 9.80 Å². The van der Waals surface area contributed by atoms with Crippen LogP contribution in [0.15, 0.2) is 315 Å². The van der Waals surface area contributed by atoms with E-state index in [0.717, 1.165) is 17.1 Å². The average molecular weight is 1870 g/mol. The van der Waals surface area contributed by atoms with Gasteiger partial charge in [0.1, 0.15) is 0 Å². The first-order valence-corrected chi connectivity index (χ1v) is 53.4. The van der Waals surface area contributed by atoms with E-state index in [4.69, 9.17) is 0 Å². The molecule has 0 spiro atoms. The lowest BCUT2D eigenvalue weighted by atomic mass is 9.77. The van der Waals surface area contributed by atoms with E-state index in [2.05, 4.69) is 519 Å². The number of hydrogen-bond acceptors (Lipinski definition) is 2. The van der Waals surface area contributed by atoms with E-state index >= 15 is 0 Å². The molecule has 0 heterocycles. The van der Waals surface area contributed by atoms with Crippen molar-refractivity contribution in [3.05, 3.63) is 393 Å². The number of benzene rings is 15. The fourth-order valence-corrected chi connectivity index (χ4v) is 22.7. The van der Waals surface area contributed by atoms with Crippen molar-refractivity contribution in [2.24, 2.45) is 0 Å². The third kappa shape index (κ3) is 20.8. The SMILES string of the molecule is CC(C)(C)c1cc(-c2ccc(N(c3ccc(-c4ccc(C5CCCCC5)cc4)cc3)c3ccc4c(c3)C(C)(C)c3ccccc3-4)cc2)cc(-c2cc(-c3cc(C(C)(C)C)cc(C(C)(C)C)c3)cc(C(C)(C)C)c2)c1.CC(C)(C)c1cc(-c2ccc(N(c3ccc4c(c3)C(C)(C)c3ccccc3-4)c3ccccc3C3CCCCC3)cc2)cc(-c2cc(-c3cc(C(C)(C)C)cc(C(C)(C)C)c3)cc(C(C)(C)C)c2)c1. The third-order valence-corrected chi connectivity index (χ3v) is 32.1. The maximum Gasteiger partial charge on any atom is 0.0496 e. The lowest BCUT2D eigenvalue weighted by molar-refractivity contribution is 0.443. The highest BCUT2D eigenvalue weighted by molar-refractivity contribution is 5.91. The molecule has 0 unspecified atom stereocenters. The van der Waals surface area contributed by atoms with Crippen molar-refractivity contribution >= 4 is 34.1 Å². The summed E-state index contributed by atoms with van der Waals surface area (Å²) in [6.45, 7) is 65.7. The van der Waals surface area contributed by atoms with Crippen LogP contribution >= 0.6 is 0 Å². The van der Waals surface area contributed by atoms with Crippen LogP contribution in [0.1, 0.15) is 348 Å². The number of para-hydroxylation sites is 1. The van der Waals surface area contributed by atoms with Gasteiger partial charge in [-0.15, -0.1) is 0 Å². The van der Waals surface area contributed by atoms with Crippen molar-refractivity contribution in [1.82, 2.24) is 0 Å². The second-order valence-electron chi connectivity index (χ2n) is 51.8. The van der Waals surface area contributed by atoms with Crippen LogP contribution in [0.2, 0.25) is 0 Å². The number of nitrogens with zero attached hydrogens (tertiary/aromatic N) is 2. The average Bonchev–Trinajstić information content (AvgIpc) is 1.58. The Bertz CT molecular complexity index is 7100. The van der Waals surface area contributed by atoms with E-state index < -0.39 is 0 Å². The second-order valence-corrected chi connectivity index (χ2v) is 51.8. The molecule has 19 rings (SSSR count). The maximum atomic E-state index is 2.56. The van der Waals surface area contributed by atoms with Crippen molar-refractivity contribution in [2.75, 3.05) is 9.80 Å². The highest BCUT2D eigenvalue weighted by atomic mass is 15.2. The van der Waals surface area contributed by atoms with Gasteiger partial charge in [-0.3, -0.25) is 0 Å². The molecule has 2 fully saturated rings. The minimum atomic E-state index is -0.111. The van der Waals surface area contributed by atoms with Gasteiger partial charge in [0.25, 0.3) is 0 Å².